The van der Waals surface area contributed by atoms with Gasteiger partial charge in [-0.3, -0.25) is 4.90 Å². The lowest BCUT2D eigenvalue weighted by atomic mass is 9.79. The van der Waals surface area contributed by atoms with Gasteiger partial charge < -0.3 is 5.73 Å². The van der Waals surface area contributed by atoms with Crippen molar-refractivity contribution >= 4 is 11.6 Å². The number of hydrogen-bond donors (Lipinski definition) is 1. The molecule has 2 N–H and O–H groups in total. The SMILES string of the molecule is CCC(N(CC)CC)C(N)(CC)c1ccc(Cl)cc1. The maximum absolute atomic E-state index is 6.79. The lowest BCUT2D eigenvalue weighted by Gasteiger charge is -2.43. The molecule has 0 aliphatic rings. The number of nitrogens with two attached hydrogens (primary N) is 1. The molecule has 1 aromatic carbocycles. The highest BCUT2D eigenvalue weighted by Crippen LogP contribution is 2.31. The number of nitrogens with zero attached hydrogens (tertiary/aromatic N) is 1. The molecule has 108 valence electrons. The van der Waals surface area contributed by atoms with Gasteiger partial charge in [0.1, 0.15) is 0 Å². The van der Waals surface area contributed by atoms with E-state index in [0.29, 0.717) is 6.04 Å². The molecule has 0 aromatic heterocycles. The Kier molecular flexibility index (Phi) is 6.31. The molecule has 0 heterocycles. The highest BCUT2D eigenvalue weighted by molar-refractivity contribution is 6.30. The smallest absolute Gasteiger partial charge is 0.0564 e. The van der Waals surface area contributed by atoms with E-state index in [1.165, 1.54) is 5.56 Å². The third-order valence-corrected chi connectivity index (χ3v) is 4.45. The largest absolute Gasteiger partial charge is 0.320 e. The van der Waals surface area contributed by atoms with Gasteiger partial charge >= 0.3 is 0 Å². The molecule has 1 aromatic rings. The molecule has 0 saturated heterocycles. The second kappa shape index (κ2) is 7.28. The third-order valence-electron chi connectivity index (χ3n) is 4.20. The average Bonchev–Trinajstić information content (AvgIpc) is 2.44. The Morgan fingerprint density at radius 3 is 2.00 bits per heavy atom. The van der Waals surface area contributed by atoms with Gasteiger partial charge in [-0.2, -0.15) is 0 Å². The summed E-state index contributed by atoms with van der Waals surface area (Å²) in [5.41, 5.74) is 7.66. The summed E-state index contributed by atoms with van der Waals surface area (Å²) < 4.78 is 0. The van der Waals surface area contributed by atoms with Crippen LogP contribution in [0.2, 0.25) is 5.02 Å². The zero-order valence-electron chi connectivity index (χ0n) is 12.6. The normalized spacial score (nSPS) is 16.4. The van der Waals surface area contributed by atoms with E-state index in [9.17, 15) is 0 Å². The summed E-state index contributed by atoms with van der Waals surface area (Å²) in [5.74, 6) is 0. The molecule has 0 radical (unpaired) electrons. The number of hydrogen-bond acceptors (Lipinski definition) is 2. The summed E-state index contributed by atoms with van der Waals surface area (Å²) in [6, 6.07) is 8.36. The van der Waals surface area contributed by atoms with Crippen molar-refractivity contribution in [2.75, 3.05) is 13.1 Å². The first-order chi connectivity index (χ1) is 9.03. The summed E-state index contributed by atoms with van der Waals surface area (Å²) in [4.78, 5) is 2.46. The predicted octanol–water partition coefficient (Wildman–Crippen LogP) is 4.02. The van der Waals surface area contributed by atoms with Gasteiger partial charge in [0.25, 0.3) is 0 Å². The minimum Gasteiger partial charge on any atom is -0.320 e. The van der Waals surface area contributed by atoms with E-state index < -0.39 is 0 Å². The van der Waals surface area contributed by atoms with Crippen LogP contribution >= 0.6 is 11.6 Å². The van der Waals surface area contributed by atoms with Gasteiger partial charge in [-0.25, -0.2) is 0 Å². The van der Waals surface area contributed by atoms with E-state index in [1.807, 2.05) is 12.1 Å². The lowest BCUT2D eigenvalue weighted by molar-refractivity contribution is 0.121. The van der Waals surface area contributed by atoms with Gasteiger partial charge in [0.2, 0.25) is 0 Å². The second-order valence-corrected chi connectivity index (χ2v) is 5.48. The summed E-state index contributed by atoms with van der Waals surface area (Å²) >= 11 is 5.98. The predicted molar refractivity (Wildman–Crippen MR) is 84.6 cm³/mol. The van der Waals surface area contributed by atoms with Crippen LogP contribution in [0.15, 0.2) is 24.3 Å². The molecule has 2 nitrogen and oxygen atoms in total. The fourth-order valence-corrected chi connectivity index (χ4v) is 3.13. The van der Waals surface area contributed by atoms with Crippen molar-refractivity contribution < 1.29 is 0 Å². The van der Waals surface area contributed by atoms with E-state index in [2.05, 4.69) is 44.7 Å². The van der Waals surface area contributed by atoms with Crippen molar-refractivity contribution in [3.05, 3.63) is 34.9 Å². The summed E-state index contributed by atoms with van der Waals surface area (Å²) in [7, 11) is 0. The van der Waals surface area contributed by atoms with Gasteiger partial charge in [-0.05, 0) is 43.6 Å². The Labute approximate surface area is 122 Å². The zero-order valence-corrected chi connectivity index (χ0v) is 13.4. The van der Waals surface area contributed by atoms with Gasteiger partial charge in [-0.1, -0.05) is 51.4 Å². The van der Waals surface area contributed by atoms with E-state index in [1.54, 1.807) is 0 Å². The maximum Gasteiger partial charge on any atom is 0.0564 e. The molecule has 0 amide bonds. The highest BCUT2D eigenvalue weighted by Gasteiger charge is 2.36. The number of rotatable bonds is 7. The van der Waals surface area contributed by atoms with Crippen molar-refractivity contribution in [3.8, 4) is 0 Å². The van der Waals surface area contributed by atoms with Crippen LogP contribution < -0.4 is 5.73 Å². The number of halogens is 1. The van der Waals surface area contributed by atoms with Gasteiger partial charge in [0.15, 0.2) is 0 Å². The molecule has 0 fully saturated rings. The van der Waals surface area contributed by atoms with Gasteiger partial charge in [0, 0.05) is 11.1 Å². The fraction of sp³-hybridized carbons (Fsp3) is 0.625. The van der Waals surface area contributed by atoms with Crippen molar-refractivity contribution in [1.82, 2.24) is 4.90 Å². The molecular weight excluding hydrogens is 256 g/mol. The van der Waals surface area contributed by atoms with Gasteiger partial charge in [0.05, 0.1) is 5.54 Å². The fourth-order valence-electron chi connectivity index (χ4n) is 3.00. The van der Waals surface area contributed by atoms with Crippen LogP contribution in [-0.4, -0.2) is 24.0 Å². The molecule has 2 atom stereocenters. The monoisotopic (exact) mass is 282 g/mol. The first kappa shape index (κ1) is 16.5. The lowest BCUT2D eigenvalue weighted by Crippen LogP contribution is -2.55. The van der Waals surface area contributed by atoms with E-state index in [-0.39, 0.29) is 5.54 Å². The summed E-state index contributed by atoms with van der Waals surface area (Å²) in [6.07, 6.45) is 1.97. The molecule has 0 aliphatic heterocycles. The van der Waals surface area contributed by atoms with Crippen LogP contribution in [0.25, 0.3) is 0 Å². The van der Waals surface area contributed by atoms with E-state index >= 15 is 0 Å². The van der Waals surface area contributed by atoms with Crippen LogP contribution in [0.5, 0.6) is 0 Å². The Hall–Kier alpha value is -0.570. The van der Waals surface area contributed by atoms with Gasteiger partial charge in [-0.15, -0.1) is 0 Å². The van der Waals surface area contributed by atoms with Crippen LogP contribution in [0, 0.1) is 0 Å². The molecular formula is C16H27ClN2. The number of likely N-dealkylation sites (N-methyl/N-ethyl adjacent to an activating group) is 1. The Bertz CT molecular complexity index is 373. The van der Waals surface area contributed by atoms with Crippen molar-refractivity contribution in [2.24, 2.45) is 5.73 Å². The Morgan fingerprint density at radius 1 is 1.11 bits per heavy atom. The average molecular weight is 283 g/mol. The molecule has 19 heavy (non-hydrogen) atoms. The minimum atomic E-state index is -0.314. The van der Waals surface area contributed by atoms with Crippen molar-refractivity contribution in [1.29, 1.82) is 0 Å². The van der Waals surface area contributed by atoms with Crippen molar-refractivity contribution in [2.45, 2.75) is 52.1 Å². The molecule has 3 heteroatoms. The molecule has 2 unspecified atom stereocenters. The quantitative estimate of drug-likeness (QED) is 0.818. The van der Waals surface area contributed by atoms with Crippen LogP contribution in [0.1, 0.15) is 46.1 Å². The molecule has 0 bridgehead atoms. The maximum atomic E-state index is 6.79. The minimum absolute atomic E-state index is 0.314. The first-order valence-corrected chi connectivity index (χ1v) is 7.70. The summed E-state index contributed by atoms with van der Waals surface area (Å²) in [6.45, 7) is 10.8. The Balaban J connectivity index is 3.16. The highest BCUT2D eigenvalue weighted by atomic mass is 35.5. The zero-order chi connectivity index (χ0) is 14.5. The third kappa shape index (κ3) is 3.50. The second-order valence-electron chi connectivity index (χ2n) is 5.05. The van der Waals surface area contributed by atoms with Crippen LogP contribution in [0.4, 0.5) is 0 Å². The molecule has 0 aliphatic carbocycles. The summed E-state index contributed by atoms with van der Waals surface area (Å²) in [5, 5.41) is 0.762. The molecule has 0 saturated carbocycles. The number of benzene rings is 1. The topological polar surface area (TPSA) is 29.3 Å². The van der Waals surface area contributed by atoms with Crippen molar-refractivity contribution in [3.63, 3.8) is 0 Å². The van der Waals surface area contributed by atoms with E-state index in [4.69, 9.17) is 17.3 Å². The van der Waals surface area contributed by atoms with Crippen LogP contribution in [-0.2, 0) is 5.54 Å². The standard InChI is InChI=1S/C16H27ClN2/c1-5-15(19(7-3)8-4)16(18,6-2)13-9-11-14(17)12-10-13/h9-12,15H,5-8,18H2,1-4H3. The molecule has 0 spiro atoms. The first-order valence-electron chi connectivity index (χ1n) is 7.32. The molecule has 1 rings (SSSR count). The Morgan fingerprint density at radius 2 is 1.63 bits per heavy atom. The van der Waals surface area contributed by atoms with Crippen LogP contribution in [0.3, 0.4) is 0 Å². The van der Waals surface area contributed by atoms with E-state index in [0.717, 1.165) is 31.0 Å².